The average molecular weight is 726 g/mol. The molecule has 1 saturated carbocycles. The number of amides is 4. The SMILES string of the molecule is CCNCCCOc1ccc(C2Cc3ccc(NC(=O)CCC4CCCCC4)cc3C(=O)N2CCC(=O)N(CC(N)=O)Cc2cccc(OC)c2)cc1. The number of carbonyl (C=O) groups is 4. The Morgan fingerprint density at radius 1 is 0.962 bits per heavy atom. The number of hydrogen-bond donors (Lipinski definition) is 3. The highest BCUT2D eigenvalue weighted by Crippen LogP contribution is 2.36. The van der Waals surface area contributed by atoms with Crippen LogP contribution in [0.25, 0.3) is 0 Å². The summed E-state index contributed by atoms with van der Waals surface area (Å²) in [6.07, 6.45) is 8.88. The van der Waals surface area contributed by atoms with E-state index in [2.05, 4.69) is 17.6 Å². The molecule has 11 heteroatoms. The first-order valence-electron chi connectivity index (χ1n) is 19.1. The van der Waals surface area contributed by atoms with Crippen LogP contribution in [0, 0.1) is 5.92 Å². The van der Waals surface area contributed by atoms with E-state index in [-0.39, 0.29) is 49.8 Å². The Balaban J connectivity index is 1.33. The summed E-state index contributed by atoms with van der Waals surface area (Å²) >= 11 is 0. The maximum atomic E-state index is 14.4. The minimum Gasteiger partial charge on any atom is -0.497 e. The lowest BCUT2D eigenvalue weighted by Gasteiger charge is -2.37. The number of rotatable bonds is 19. The Morgan fingerprint density at radius 2 is 1.75 bits per heavy atom. The van der Waals surface area contributed by atoms with Crippen molar-refractivity contribution in [1.29, 1.82) is 0 Å². The van der Waals surface area contributed by atoms with Crippen LogP contribution in [-0.4, -0.2) is 73.3 Å². The zero-order valence-corrected chi connectivity index (χ0v) is 31.2. The third-order valence-electron chi connectivity index (χ3n) is 10.2. The minimum absolute atomic E-state index is 0.0145. The van der Waals surface area contributed by atoms with Gasteiger partial charge in [-0.05, 0) is 91.4 Å². The number of nitrogens with zero attached hydrogens (tertiary/aromatic N) is 2. The number of nitrogens with two attached hydrogens (primary N) is 1. The molecule has 284 valence electrons. The van der Waals surface area contributed by atoms with Crippen molar-refractivity contribution in [3.63, 3.8) is 0 Å². The number of methoxy groups -OCH3 is 1. The predicted octanol–water partition coefficient (Wildman–Crippen LogP) is 6.02. The lowest BCUT2D eigenvalue weighted by molar-refractivity contribution is -0.136. The molecule has 0 bridgehead atoms. The molecular weight excluding hydrogens is 670 g/mol. The molecule has 1 fully saturated rings. The van der Waals surface area contributed by atoms with E-state index in [0.717, 1.165) is 48.4 Å². The van der Waals surface area contributed by atoms with E-state index in [1.54, 1.807) is 18.1 Å². The largest absolute Gasteiger partial charge is 0.497 e. The Bertz CT molecular complexity index is 1690. The van der Waals surface area contributed by atoms with E-state index in [1.165, 1.54) is 37.0 Å². The van der Waals surface area contributed by atoms with Gasteiger partial charge >= 0.3 is 0 Å². The van der Waals surface area contributed by atoms with Crippen LogP contribution in [0.4, 0.5) is 5.69 Å². The van der Waals surface area contributed by atoms with Crippen molar-refractivity contribution in [3.8, 4) is 11.5 Å². The molecular formula is C42H55N5O6. The van der Waals surface area contributed by atoms with Crippen LogP contribution < -0.4 is 25.8 Å². The first-order chi connectivity index (χ1) is 25.7. The number of carbonyl (C=O) groups excluding carboxylic acids is 4. The summed E-state index contributed by atoms with van der Waals surface area (Å²) in [7, 11) is 1.57. The van der Waals surface area contributed by atoms with Gasteiger partial charge in [0.25, 0.3) is 5.91 Å². The van der Waals surface area contributed by atoms with Crippen LogP contribution in [0.5, 0.6) is 11.5 Å². The summed E-state index contributed by atoms with van der Waals surface area (Å²) in [6, 6.07) is 20.3. The molecule has 1 aliphatic heterocycles. The van der Waals surface area contributed by atoms with Crippen LogP contribution in [0.1, 0.15) is 97.8 Å². The molecule has 0 spiro atoms. The van der Waals surface area contributed by atoms with Crippen LogP contribution in [0.15, 0.2) is 66.7 Å². The van der Waals surface area contributed by atoms with Crippen LogP contribution in [-0.2, 0) is 27.3 Å². The van der Waals surface area contributed by atoms with Gasteiger partial charge in [0.1, 0.15) is 11.5 Å². The van der Waals surface area contributed by atoms with Crippen molar-refractivity contribution in [3.05, 3.63) is 89.0 Å². The third kappa shape index (κ3) is 11.5. The molecule has 4 amide bonds. The van der Waals surface area contributed by atoms with Gasteiger partial charge < -0.3 is 35.6 Å². The summed E-state index contributed by atoms with van der Waals surface area (Å²) in [5.41, 5.74) is 9.23. The highest BCUT2D eigenvalue weighted by atomic mass is 16.5. The fourth-order valence-corrected chi connectivity index (χ4v) is 7.37. The second kappa shape index (κ2) is 19.8. The van der Waals surface area contributed by atoms with Gasteiger partial charge in [-0.3, -0.25) is 19.2 Å². The van der Waals surface area contributed by atoms with Crippen LogP contribution in [0.3, 0.4) is 0 Å². The fourth-order valence-electron chi connectivity index (χ4n) is 7.37. The number of fused-ring (bicyclic) bond motifs is 1. The van der Waals surface area contributed by atoms with Gasteiger partial charge in [-0.15, -0.1) is 0 Å². The maximum Gasteiger partial charge on any atom is 0.254 e. The van der Waals surface area contributed by atoms with Crippen LogP contribution in [0.2, 0.25) is 0 Å². The molecule has 1 aliphatic carbocycles. The van der Waals surface area contributed by atoms with Crippen molar-refractivity contribution < 1.29 is 28.7 Å². The van der Waals surface area contributed by atoms with Gasteiger partial charge in [0.05, 0.1) is 26.3 Å². The number of benzene rings is 3. The molecule has 3 aromatic carbocycles. The number of anilines is 1. The molecule has 11 nitrogen and oxygen atoms in total. The van der Waals surface area contributed by atoms with E-state index in [4.69, 9.17) is 15.2 Å². The van der Waals surface area contributed by atoms with Crippen molar-refractivity contribution in [2.45, 2.75) is 83.7 Å². The van der Waals surface area contributed by atoms with Gasteiger partial charge in [0.15, 0.2) is 0 Å². The Kier molecular flexibility index (Phi) is 14.7. The summed E-state index contributed by atoms with van der Waals surface area (Å²) in [4.78, 5) is 56.2. The summed E-state index contributed by atoms with van der Waals surface area (Å²) in [5.74, 6) is 0.792. The Morgan fingerprint density at radius 3 is 2.49 bits per heavy atom. The summed E-state index contributed by atoms with van der Waals surface area (Å²) in [5, 5.41) is 6.31. The average Bonchev–Trinajstić information content (AvgIpc) is 3.17. The minimum atomic E-state index is -0.626. The first-order valence-corrected chi connectivity index (χ1v) is 19.1. The number of hydrogen-bond acceptors (Lipinski definition) is 7. The Labute approximate surface area is 313 Å². The molecule has 53 heavy (non-hydrogen) atoms. The fraction of sp³-hybridized carbons (Fsp3) is 0.476. The molecule has 0 radical (unpaired) electrons. The smallest absolute Gasteiger partial charge is 0.254 e. The van der Waals surface area contributed by atoms with Gasteiger partial charge in [0.2, 0.25) is 17.7 Å². The second-order valence-electron chi connectivity index (χ2n) is 14.1. The molecule has 0 aromatic heterocycles. The standard InChI is InChI=1S/C42H55N5O6/c1-3-44-22-8-24-53-35-18-15-32(16-19-35)38-26-33-14-17-34(45-40(49)20-13-30-9-5-4-6-10-30)27-37(33)42(51)47(38)23-21-41(50)46(29-39(43)48)28-31-11-7-12-36(25-31)52-2/h7,11-12,14-19,25,27,30,38,44H,3-6,8-10,13,20-24,26,28-29H2,1-2H3,(H2,43,48)(H,45,49). The van der Waals surface area contributed by atoms with Gasteiger partial charge in [0, 0.05) is 37.2 Å². The molecule has 5 rings (SSSR count). The molecule has 4 N–H and O–H groups in total. The molecule has 3 aromatic rings. The van der Waals surface area contributed by atoms with Crippen molar-refractivity contribution in [2.24, 2.45) is 11.7 Å². The lowest BCUT2D eigenvalue weighted by Crippen LogP contribution is -2.44. The van der Waals surface area contributed by atoms with Crippen molar-refractivity contribution in [1.82, 2.24) is 15.1 Å². The molecule has 0 saturated heterocycles. The van der Waals surface area contributed by atoms with Crippen molar-refractivity contribution in [2.75, 3.05) is 45.2 Å². The quantitative estimate of drug-likeness (QED) is 0.128. The molecule has 1 unspecified atom stereocenters. The van der Waals surface area contributed by atoms with E-state index >= 15 is 0 Å². The monoisotopic (exact) mass is 725 g/mol. The molecule has 1 heterocycles. The number of primary amides is 1. The number of nitrogens with one attached hydrogen (secondary N) is 2. The van der Waals surface area contributed by atoms with Gasteiger partial charge in [-0.25, -0.2) is 0 Å². The Hall–Kier alpha value is -4.90. The van der Waals surface area contributed by atoms with E-state index in [9.17, 15) is 19.2 Å². The van der Waals surface area contributed by atoms with Gasteiger partial charge in [-0.2, -0.15) is 0 Å². The highest BCUT2D eigenvalue weighted by Gasteiger charge is 2.34. The van der Waals surface area contributed by atoms with E-state index in [0.29, 0.717) is 42.4 Å². The predicted molar refractivity (Wildman–Crippen MR) is 206 cm³/mol. The second-order valence-corrected chi connectivity index (χ2v) is 14.1. The topological polar surface area (TPSA) is 143 Å². The first kappa shape index (κ1) is 39.3. The maximum absolute atomic E-state index is 14.4. The van der Waals surface area contributed by atoms with Crippen molar-refractivity contribution >= 4 is 29.3 Å². The van der Waals surface area contributed by atoms with Gasteiger partial charge in [-0.1, -0.05) is 69.4 Å². The summed E-state index contributed by atoms with van der Waals surface area (Å²) < 4.78 is 11.3. The summed E-state index contributed by atoms with van der Waals surface area (Å²) in [6.45, 7) is 4.50. The zero-order valence-electron chi connectivity index (χ0n) is 31.2. The number of ether oxygens (including phenoxy) is 2. The van der Waals surface area contributed by atoms with Crippen LogP contribution >= 0.6 is 0 Å². The van der Waals surface area contributed by atoms with E-state index in [1.807, 2.05) is 60.7 Å². The van der Waals surface area contributed by atoms with E-state index < -0.39 is 5.91 Å². The lowest BCUT2D eigenvalue weighted by atomic mass is 9.86. The third-order valence-corrected chi connectivity index (χ3v) is 10.2. The molecule has 1 atom stereocenters. The normalized spacial score (nSPS) is 15.8. The zero-order chi connectivity index (χ0) is 37.6. The highest BCUT2D eigenvalue weighted by molar-refractivity contribution is 6.00. The molecule has 2 aliphatic rings.